The Balaban J connectivity index is 1.76. The molecular weight excluding hydrogens is 309 g/mol. The van der Waals surface area contributed by atoms with Crippen LogP contribution in [-0.4, -0.2) is 47.8 Å². The van der Waals surface area contributed by atoms with Crippen molar-refractivity contribution in [3.63, 3.8) is 0 Å². The summed E-state index contributed by atoms with van der Waals surface area (Å²) < 4.78 is 18.6. The fourth-order valence-electron chi connectivity index (χ4n) is 3.73. The summed E-state index contributed by atoms with van der Waals surface area (Å²) in [5.74, 6) is -0.264. The molecule has 5 heteroatoms. The largest absolute Gasteiger partial charge is 0.393 e. The molecule has 0 bridgehead atoms. The third-order valence-electron chi connectivity index (χ3n) is 5.11. The number of aliphatic hydroxyl groups excluding tert-OH is 1. The molecule has 130 valence electrons. The Hall–Kier alpha value is -1.72. The molecule has 1 saturated heterocycles. The van der Waals surface area contributed by atoms with Crippen LogP contribution >= 0.6 is 0 Å². The fraction of sp³-hybridized carbons (Fsp3) is 0.526. The third kappa shape index (κ3) is 3.68. The maximum absolute atomic E-state index is 13.0. The van der Waals surface area contributed by atoms with Crippen LogP contribution in [0.15, 0.2) is 30.3 Å². The van der Waals surface area contributed by atoms with Crippen LogP contribution in [0.2, 0.25) is 0 Å². The van der Waals surface area contributed by atoms with E-state index < -0.39 is 0 Å². The number of allylic oxidation sites excluding steroid dienone is 1. The molecule has 1 aliphatic carbocycles. The van der Waals surface area contributed by atoms with Crippen molar-refractivity contribution < 1.29 is 19.0 Å². The quantitative estimate of drug-likeness (QED) is 0.865. The van der Waals surface area contributed by atoms with Crippen molar-refractivity contribution in [1.82, 2.24) is 4.90 Å². The van der Waals surface area contributed by atoms with Crippen molar-refractivity contribution in [2.24, 2.45) is 5.92 Å². The second-order valence-electron chi connectivity index (χ2n) is 6.67. The van der Waals surface area contributed by atoms with E-state index in [-0.39, 0.29) is 29.8 Å². The van der Waals surface area contributed by atoms with Gasteiger partial charge in [-0.25, -0.2) is 4.39 Å². The molecule has 1 N–H and O–H groups in total. The molecule has 3 rings (SSSR count). The first kappa shape index (κ1) is 17.1. The lowest BCUT2D eigenvalue weighted by atomic mass is 9.94. The van der Waals surface area contributed by atoms with Gasteiger partial charge in [0, 0.05) is 18.5 Å². The van der Waals surface area contributed by atoms with Crippen molar-refractivity contribution in [3.8, 4) is 0 Å². The number of nitrogens with zero attached hydrogens (tertiary/aromatic N) is 1. The van der Waals surface area contributed by atoms with E-state index >= 15 is 0 Å². The van der Waals surface area contributed by atoms with Gasteiger partial charge in [0.1, 0.15) is 5.82 Å². The summed E-state index contributed by atoms with van der Waals surface area (Å²) in [7, 11) is 0. The number of benzene rings is 1. The highest BCUT2D eigenvalue weighted by molar-refractivity contribution is 5.95. The topological polar surface area (TPSA) is 49.8 Å². The first-order valence-electron chi connectivity index (χ1n) is 8.57. The number of hydrogen-bond acceptors (Lipinski definition) is 3. The van der Waals surface area contributed by atoms with E-state index in [2.05, 4.69) is 0 Å². The van der Waals surface area contributed by atoms with Crippen molar-refractivity contribution in [2.45, 2.75) is 38.3 Å². The minimum absolute atomic E-state index is 0.0655. The molecule has 1 amide bonds. The Morgan fingerprint density at radius 3 is 2.75 bits per heavy atom. The fourth-order valence-corrected chi connectivity index (χ4v) is 3.73. The molecule has 1 aromatic carbocycles. The number of hydrogen-bond donors (Lipinski definition) is 1. The van der Waals surface area contributed by atoms with Crippen LogP contribution in [0.25, 0.3) is 5.57 Å². The average Bonchev–Trinajstić information content (AvgIpc) is 3.01. The molecule has 1 heterocycles. The Morgan fingerprint density at radius 1 is 1.33 bits per heavy atom. The molecule has 3 atom stereocenters. The molecule has 0 radical (unpaired) electrons. The smallest absolute Gasteiger partial charge is 0.247 e. The van der Waals surface area contributed by atoms with Gasteiger partial charge in [-0.2, -0.15) is 0 Å². The monoisotopic (exact) mass is 333 g/mol. The lowest BCUT2D eigenvalue weighted by Gasteiger charge is -2.39. The first-order valence-corrected chi connectivity index (χ1v) is 8.57. The van der Waals surface area contributed by atoms with Gasteiger partial charge in [-0.15, -0.1) is 0 Å². The molecule has 1 aliphatic heterocycles. The van der Waals surface area contributed by atoms with Gasteiger partial charge in [-0.3, -0.25) is 4.79 Å². The van der Waals surface area contributed by atoms with E-state index in [0.717, 1.165) is 30.4 Å². The van der Waals surface area contributed by atoms with Gasteiger partial charge in [-0.05, 0) is 43.0 Å². The highest BCUT2D eigenvalue weighted by atomic mass is 19.1. The predicted octanol–water partition coefficient (Wildman–Crippen LogP) is 2.62. The lowest BCUT2D eigenvalue weighted by Crippen LogP contribution is -2.53. The zero-order valence-corrected chi connectivity index (χ0v) is 14.0. The highest BCUT2D eigenvalue weighted by Crippen LogP contribution is 2.32. The first-order chi connectivity index (χ1) is 11.6. The lowest BCUT2D eigenvalue weighted by molar-refractivity contribution is -0.138. The molecule has 0 aromatic heterocycles. The van der Waals surface area contributed by atoms with E-state index in [1.807, 2.05) is 11.8 Å². The van der Waals surface area contributed by atoms with E-state index in [9.17, 15) is 14.3 Å². The van der Waals surface area contributed by atoms with E-state index in [1.165, 1.54) is 12.1 Å². The molecular formula is C19H24FNO3. The van der Waals surface area contributed by atoms with E-state index in [4.69, 9.17) is 4.74 Å². The maximum atomic E-state index is 13.0. The van der Waals surface area contributed by atoms with Crippen LogP contribution in [0.1, 0.15) is 31.7 Å². The number of rotatable bonds is 3. The van der Waals surface area contributed by atoms with Crippen molar-refractivity contribution in [3.05, 3.63) is 41.7 Å². The summed E-state index contributed by atoms with van der Waals surface area (Å²) in [4.78, 5) is 14.6. The number of morpholine rings is 1. The van der Waals surface area contributed by atoms with E-state index in [1.54, 1.807) is 18.2 Å². The normalized spacial score (nSPS) is 28.2. The number of carbonyl (C=O) groups excluding carboxylic acids is 1. The van der Waals surface area contributed by atoms with Crippen molar-refractivity contribution >= 4 is 11.5 Å². The second-order valence-corrected chi connectivity index (χ2v) is 6.67. The average molecular weight is 333 g/mol. The minimum Gasteiger partial charge on any atom is -0.393 e. The Bertz CT molecular complexity index is 614. The standard InChI is InChI=1S/C19H24FNO3/c1-13(14-5-7-15(20)8-6-14)11-19(23)21-9-10-24-12-17(21)16-3-2-4-18(16)22/h5-8,11,16-18,22H,2-4,9-10,12H2,1H3/b13-11+. The minimum atomic E-state index is -0.353. The summed E-state index contributed by atoms with van der Waals surface area (Å²) in [5.41, 5.74) is 1.63. The number of ether oxygens (including phenoxy) is 1. The van der Waals surface area contributed by atoms with Crippen molar-refractivity contribution in [1.29, 1.82) is 0 Å². The van der Waals surface area contributed by atoms with Crippen LogP contribution in [0, 0.1) is 11.7 Å². The van der Waals surface area contributed by atoms with Gasteiger partial charge in [0.25, 0.3) is 0 Å². The number of carbonyl (C=O) groups is 1. The van der Waals surface area contributed by atoms with Gasteiger partial charge in [0.05, 0.1) is 25.4 Å². The van der Waals surface area contributed by atoms with Crippen LogP contribution in [0.3, 0.4) is 0 Å². The number of aliphatic hydroxyl groups is 1. The van der Waals surface area contributed by atoms with E-state index in [0.29, 0.717) is 19.8 Å². The number of halogens is 1. The predicted molar refractivity (Wildman–Crippen MR) is 89.7 cm³/mol. The van der Waals surface area contributed by atoms with Gasteiger partial charge in [-0.1, -0.05) is 18.6 Å². The number of amides is 1. The van der Waals surface area contributed by atoms with Gasteiger partial charge in [0.15, 0.2) is 0 Å². The molecule has 1 saturated carbocycles. The summed E-state index contributed by atoms with van der Waals surface area (Å²) in [6, 6.07) is 6.06. The second kappa shape index (κ2) is 7.45. The molecule has 0 spiro atoms. The van der Waals surface area contributed by atoms with Crippen LogP contribution in [0.5, 0.6) is 0 Å². The molecule has 4 nitrogen and oxygen atoms in total. The van der Waals surface area contributed by atoms with Crippen LogP contribution in [0.4, 0.5) is 4.39 Å². The van der Waals surface area contributed by atoms with Crippen molar-refractivity contribution in [2.75, 3.05) is 19.8 Å². The van der Waals surface area contributed by atoms with Gasteiger partial charge in [0.2, 0.25) is 5.91 Å². The van der Waals surface area contributed by atoms with Crippen LogP contribution < -0.4 is 0 Å². The molecule has 1 aromatic rings. The molecule has 2 fully saturated rings. The van der Waals surface area contributed by atoms with Crippen LogP contribution in [-0.2, 0) is 9.53 Å². The zero-order valence-electron chi connectivity index (χ0n) is 14.0. The molecule has 2 aliphatic rings. The maximum Gasteiger partial charge on any atom is 0.247 e. The summed E-state index contributed by atoms with van der Waals surface area (Å²) in [6.45, 7) is 3.40. The third-order valence-corrected chi connectivity index (χ3v) is 5.11. The Morgan fingerprint density at radius 2 is 2.08 bits per heavy atom. The molecule has 3 unspecified atom stereocenters. The summed E-state index contributed by atoms with van der Waals surface area (Å²) >= 11 is 0. The molecule has 24 heavy (non-hydrogen) atoms. The van der Waals surface area contributed by atoms with Gasteiger partial charge >= 0.3 is 0 Å². The Kier molecular flexibility index (Phi) is 5.31. The highest BCUT2D eigenvalue weighted by Gasteiger charge is 2.39. The zero-order chi connectivity index (χ0) is 17.1. The summed E-state index contributed by atoms with van der Waals surface area (Å²) in [5, 5.41) is 10.2. The SMILES string of the molecule is C/C(=C\C(=O)N1CCOCC1C1CCCC1O)c1ccc(F)cc1. The summed E-state index contributed by atoms with van der Waals surface area (Å²) in [6.07, 6.45) is 3.98. The van der Waals surface area contributed by atoms with Gasteiger partial charge < -0.3 is 14.7 Å². The Labute approximate surface area is 141 Å².